The summed E-state index contributed by atoms with van der Waals surface area (Å²) in [5, 5.41) is 7.85. The van der Waals surface area contributed by atoms with Gasteiger partial charge >= 0.3 is 0 Å². The van der Waals surface area contributed by atoms with Gasteiger partial charge in [-0.05, 0) is 60.5 Å². The van der Waals surface area contributed by atoms with Gasteiger partial charge in [0.1, 0.15) is 0 Å². The molecule has 3 rings (SSSR count). The van der Waals surface area contributed by atoms with E-state index < -0.39 is 0 Å². The van der Waals surface area contributed by atoms with Gasteiger partial charge in [0, 0.05) is 23.7 Å². The van der Waals surface area contributed by atoms with Gasteiger partial charge in [-0.3, -0.25) is 9.59 Å². The first-order valence-electron chi connectivity index (χ1n) is 7.40. The number of carbonyl (C=O) groups is 1. The second-order valence-corrected chi connectivity index (χ2v) is 6.51. The molecule has 0 spiro atoms. The van der Waals surface area contributed by atoms with E-state index in [4.69, 9.17) is 0 Å². The van der Waals surface area contributed by atoms with Crippen molar-refractivity contribution in [2.75, 3.05) is 5.32 Å². The number of nitrogens with zero attached hydrogens (tertiary/aromatic N) is 1. The van der Waals surface area contributed by atoms with E-state index >= 15 is 0 Å². The molecule has 0 radical (unpaired) electrons. The van der Waals surface area contributed by atoms with E-state index in [1.807, 2.05) is 48.0 Å². The molecule has 0 fully saturated rings. The Kier molecular flexibility index (Phi) is 4.05. The SMILES string of the molecule is Cc1cc2cc(NC(=O)C(C)c3ccsc3)ccc2n(C)c1=O. The van der Waals surface area contributed by atoms with Crippen LogP contribution >= 0.6 is 11.3 Å². The molecule has 2 aromatic heterocycles. The van der Waals surface area contributed by atoms with E-state index in [1.165, 1.54) is 0 Å². The Balaban J connectivity index is 1.91. The number of aryl methyl sites for hydroxylation is 2. The summed E-state index contributed by atoms with van der Waals surface area (Å²) in [6.07, 6.45) is 0. The second-order valence-electron chi connectivity index (χ2n) is 5.73. The number of amides is 1. The number of fused-ring (bicyclic) bond motifs is 1. The first-order chi connectivity index (χ1) is 11.0. The van der Waals surface area contributed by atoms with E-state index in [0.29, 0.717) is 5.56 Å². The van der Waals surface area contributed by atoms with E-state index in [2.05, 4.69) is 5.32 Å². The van der Waals surface area contributed by atoms with Crippen molar-refractivity contribution >= 4 is 33.8 Å². The number of rotatable bonds is 3. The van der Waals surface area contributed by atoms with Crippen LogP contribution in [0, 0.1) is 6.92 Å². The Morgan fingerprint density at radius 2 is 2.04 bits per heavy atom. The number of thiophene rings is 1. The van der Waals surface area contributed by atoms with Gasteiger partial charge in [-0.2, -0.15) is 11.3 Å². The van der Waals surface area contributed by atoms with E-state index in [0.717, 1.165) is 22.2 Å². The summed E-state index contributed by atoms with van der Waals surface area (Å²) in [6.45, 7) is 3.69. The van der Waals surface area contributed by atoms with Gasteiger partial charge in [-0.25, -0.2) is 0 Å². The molecule has 1 amide bonds. The zero-order valence-electron chi connectivity index (χ0n) is 13.3. The lowest BCUT2D eigenvalue weighted by molar-refractivity contribution is -0.117. The highest BCUT2D eigenvalue weighted by Crippen LogP contribution is 2.22. The van der Waals surface area contributed by atoms with Crippen molar-refractivity contribution in [1.29, 1.82) is 0 Å². The van der Waals surface area contributed by atoms with Gasteiger partial charge in [0.2, 0.25) is 5.91 Å². The Morgan fingerprint density at radius 3 is 2.74 bits per heavy atom. The fraction of sp³-hybridized carbons (Fsp3) is 0.222. The summed E-state index contributed by atoms with van der Waals surface area (Å²) in [7, 11) is 1.76. The zero-order chi connectivity index (χ0) is 16.6. The van der Waals surface area contributed by atoms with Crippen LogP contribution in [0.5, 0.6) is 0 Å². The van der Waals surface area contributed by atoms with Crippen LogP contribution in [0.15, 0.2) is 45.9 Å². The van der Waals surface area contributed by atoms with Crippen molar-refractivity contribution in [3.05, 3.63) is 62.6 Å². The summed E-state index contributed by atoms with van der Waals surface area (Å²) in [5.41, 5.74) is 3.30. The van der Waals surface area contributed by atoms with Gasteiger partial charge in [0.05, 0.1) is 11.4 Å². The molecule has 4 nitrogen and oxygen atoms in total. The van der Waals surface area contributed by atoms with E-state index in [1.54, 1.807) is 29.9 Å². The number of hydrogen-bond acceptors (Lipinski definition) is 3. The van der Waals surface area contributed by atoms with Crippen LogP contribution in [0.2, 0.25) is 0 Å². The number of pyridine rings is 1. The summed E-state index contributed by atoms with van der Waals surface area (Å²) in [6, 6.07) is 9.42. The van der Waals surface area contributed by atoms with E-state index in [9.17, 15) is 9.59 Å². The molecule has 118 valence electrons. The van der Waals surface area contributed by atoms with Crippen LogP contribution in [0.4, 0.5) is 5.69 Å². The van der Waals surface area contributed by atoms with Crippen molar-refractivity contribution in [3.8, 4) is 0 Å². The van der Waals surface area contributed by atoms with E-state index in [-0.39, 0.29) is 17.4 Å². The molecule has 0 saturated carbocycles. The minimum absolute atomic E-state index is 0.000338. The molecule has 3 aromatic rings. The van der Waals surface area contributed by atoms with Crippen LogP contribution < -0.4 is 10.9 Å². The third-order valence-corrected chi connectivity index (χ3v) is 4.81. The lowest BCUT2D eigenvalue weighted by Gasteiger charge is -2.13. The normalized spacial score (nSPS) is 12.3. The van der Waals surface area contributed by atoms with Crippen molar-refractivity contribution in [2.45, 2.75) is 19.8 Å². The van der Waals surface area contributed by atoms with Gasteiger partial charge in [0.25, 0.3) is 5.56 Å². The van der Waals surface area contributed by atoms with Crippen LogP contribution in [0.3, 0.4) is 0 Å². The molecule has 23 heavy (non-hydrogen) atoms. The monoisotopic (exact) mass is 326 g/mol. The van der Waals surface area contributed by atoms with Crippen LogP contribution in [-0.2, 0) is 11.8 Å². The summed E-state index contributed by atoms with van der Waals surface area (Å²) >= 11 is 1.59. The van der Waals surface area contributed by atoms with Crippen molar-refractivity contribution < 1.29 is 4.79 Å². The van der Waals surface area contributed by atoms with Crippen molar-refractivity contribution in [3.63, 3.8) is 0 Å². The number of nitrogens with one attached hydrogen (secondary N) is 1. The molecule has 5 heteroatoms. The Morgan fingerprint density at radius 1 is 1.26 bits per heavy atom. The molecule has 1 unspecified atom stereocenters. The number of hydrogen-bond donors (Lipinski definition) is 1. The standard InChI is InChI=1S/C18H18N2O2S/c1-11-8-14-9-15(4-5-16(14)20(3)18(11)22)19-17(21)12(2)13-6-7-23-10-13/h4-10,12H,1-3H3,(H,19,21). The topological polar surface area (TPSA) is 51.1 Å². The molecule has 1 atom stereocenters. The first kappa shape index (κ1) is 15.5. The van der Waals surface area contributed by atoms with Crippen LogP contribution in [0.1, 0.15) is 24.0 Å². The van der Waals surface area contributed by atoms with Gasteiger partial charge in [0.15, 0.2) is 0 Å². The van der Waals surface area contributed by atoms with Crippen LogP contribution in [-0.4, -0.2) is 10.5 Å². The first-order valence-corrected chi connectivity index (χ1v) is 8.35. The molecule has 0 bridgehead atoms. The summed E-state index contributed by atoms with van der Waals surface area (Å²) in [5.74, 6) is -0.233. The molecule has 0 saturated heterocycles. The highest BCUT2D eigenvalue weighted by Gasteiger charge is 2.16. The van der Waals surface area contributed by atoms with Crippen LogP contribution in [0.25, 0.3) is 10.9 Å². The predicted molar refractivity (Wildman–Crippen MR) is 95.3 cm³/mol. The number of benzene rings is 1. The second kappa shape index (κ2) is 6.01. The third-order valence-electron chi connectivity index (χ3n) is 4.11. The Hall–Kier alpha value is -2.40. The highest BCUT2D eigenvalue weighted by molar-refractivity contribution is 7.08. The minimum atomic E-state index is -0.196. The molecular weight excluding hydrogens is 308 g/mol. The molecule has 0 aliphatic rings. The number of carbonyl (C=O) groups excluding carboxylic acids is 1. The molecule has 0 aliphatic heterocycles. The average molecular weight is 326 g/mol. The van der Waals surface area contributed by atoms with Gasteiger partial charge in [-0.1, -0.05) is 0 Å². The fourth-order valence-corrected chi connectivity index (χ4v) is 3.40. The third kappa shape index (κ3) is 2.92. The predicted octanol–water partition coefficient (Wildman–Crippen LogP) is 3.65. The highest BCUT2D eigenvalue weighted by atomic mass is 32.1. The summed E-state index contributed by atoms with van der Waals surface area (Å²) in [4.78, 5) is 24.3. The molecule has 0 aliphatic carbocycles. The fourth-order valence-electron chi connectivity index (χ4n) is 2.65. The maximum atomic E-state index is 12.4. The quantitative estimate of drug-likeness (QED) is 0.799. The molecule has 1 N–H and O–H groups in total. The number of aromatic nitrogens is 1. The summed E-state index contributed by atoms with van der Waals surface area (Å²) < 4.78 is 1.63. The molecule has 2 heterocycles. The maximum absolute atomic E-state index is 12.4. The minimum Gasteiger partial charge on any atom is -0.326 e. The average Bonchev–Trinajstić information content (AvgIpc) is 3.06. The smallest absolute Gasteiger partial charge is 0.253 e. The lowest BCUT2D eigenvalue weighted by Crippen LogP contribution is -2.20. The van der Waals surface area contributed by atoms with Crippen molar-refractivity contribution in [1.82, 2.24) is 4.57 Å². The molecule has 1 aromatic carbocycles. The lowest BCUT2D eigenvalue weighted by atomic mass is 10.0. The largest absolute Gasteiger partial charge is 0.326 e. The Labute approximate surface area is 138 Å². The van der Waals surface area contributed by atoms with Crippen molar-refractivity contribution in [2.24, 2.45) is 7.05 Å². The zero-order valence-corrected chi connectivity index (χ0v) is 14.1. The number of anilines is 1. The van der Waals surface area contributed by atoms with Gasteiger partial charge < -0.3 is 9.88 Å². The maximum Gasteiger partial charge on any atom is 0.253 e. The Bertz CT molecular complexity index is 926. The molecular formula is C18H18N2O2S. The van der Waals surface area contributed by atoms with Gasteiger partial charge in [-0.15, -0.1) is 0 Å².